The van der Waals surface area contributed by atoms with Crippen molar-refractivity contribution in [2.45, 2.75) is 23.8 Å². The molecular weight excluding hydrogens is 338 g/mol. The van der Waals surface area contributed by atoms with Crippen LogP contribution in [0.1, 0.15) is 23.6 Å². The monoisotopic (exact) mass is 359 g/mol. The molecule has 132 valence electrons. The fraction of sp³-hybridized carbons (Fsp3) is 0.278. The molecule has 1 aliphatic carbocycles. The number of carbonyl (C=O) groups is 1. The van der Waals surface area contributed by atoms with E-state index in [1.165, 1.54) is 35.4 Å². The van der Waals surface area contributed by atoms with Crippen molar-refractivity contribution in [2.24, 2.45) is 5.14 Å². The van der Waals surface area contributed by atoms with Gasteiger partial charge in [-0.2, -0.15) is 0 Å². The third kappa shape index (κ3) is 4.07. The number of hydrogen-bond donors (Lipinski definition) is 2. The van der Waals surface area contributed by atoms with Gasteiger partial charge in [-0.3, -0.25) is 9.69 Å². The van der Waals surface area contributed by atoms with E-state index in [9.17, 15) is 13.2 Å². The van der Waals surface area contributed by atoms with Gasteiger partial charge in [0, 0.05) is 11.7 Å². The highest BCUT2D eigenvalue weighted by molar-refractivity contribution is 7.89. The Morgan fingerprint density at radius 1 is 1.20 bits per heavy atom. The number of sulfonamides is 1. The number of anilines is 1. The quantitative estimate of drug-likeness (QED) is 0.853. The van der Waals surface area contributed by atoms with Crippen molar-refractivity contribution < 1.29 is 13.2 Å². The van der Waals surface area contributed by atoms with Crippen LogP contribution < -0.4 is 10.5 Å². The summed E-state index contributed by atoms with van der Waals surface area (Å²) in [6.07, 6.45) is 2.04. The lowest BCUT2D eigenvalue weighted by Crippen LogP contribution is -2.32. The van der Waals surface area contributed by atoms with E-state index >= 15 is 0 Å². The third-order valence-corrected chi connectivity index (χ3v) is 5.42. The molecule has 3 N–H and O–H groups in total. The molecule has 0 heterocycles. The number of primary sulfonamides is 1. The van der Waals surface area contributed by atoms with E-state index in [0.29, 0.717) is 5.69 Å². The van der Waals surface area contributed by atoms with E-state index in [2.05, 4.69) is 17.4 Å². The lowest BCUT2D eigenvalue weighted by atomic mass is 10.1. The molecular formula is C18H21N3O3S. The summed E-state index contributed by atoms with van der Waals surface area (Å²) in [4.78, 5) is 14.3. The first-order valence-electron chi connectivity index (χ1n) is 8.05. The van der Waals surface area contributed by atoms with Crippen LogP contribution >= 0.6 is 0 Å². The van der Waals surface area contributed by atoms with Crippen LogP contribution in [0.15, 0.2) is 53.4 Å². The SMILES string of the molecule is CN(CC(=O)Nc1ccc(S(N)(=O)=O)cc1)[C@H]1CCc2ccccc21. The smallest absolute Gasteiger partial charge is 0.238 e. The molecule has 0 saturated carbocycles. The van der Waals surface area contributed by atoms with Crippen LogP contribution in [0.3, 0.4) is 0 Å². The molecule has 1 amide bonds. The number of nitrogens with two attached hydrogens (primary N) is 1. The second-order valence-corrected chi connectivity index (χ2v) is 7.85. The number of carbonyl (C=O) groups excluding carboxylic acids is 1. The van der Waals surface area contributed by atoms with E-state index in [4.69, 9.17) is 5.14 Å². The molecule has 0 fully saturated rings. The lowest BCUT2D eigenvalue weighted by molar-refractivity contribution is -0.117. The van der Waals surface area contributed by atoms with Crippen molar-refractivity contribution in [3.05, 3.63) is 59.7 Å². The van der Waals surface area contributed by atoms with Gasteiger partial charge >= 0.3 is 0 Å². The fourth-order valence-electron chi connectivity index (χ4n) is 3.26. The van der Waals surface area contributed by atoms with Gasteiger partial charge in [0.2, 0.25) is 15.9 Å². The molecule has 0 spiro atoms. The molecule has 25 heavy (non-hydrogen) atoms. The summed E-state index contributed by atoms with van der Waals surface area (Å²) in [7, 11) is -1.79. The highest BCUT2D eigenvalue weighted by atomic mass is 32.2. The molecule has 2 aromatic rings. The zero-order valence-electron chi connectivity index (χ0n) is 14.0. The minimum atomic E-state index is -3.73. The minimum absolute atomic E-state index is 0.0187. The highest BCUT2D eigenvalue weighted by Crippen LogP contribution is 2.34. The number of fused-ring (bicyclic) bond motifs is 1. The van der Waals surface area contributed by atoms with E-state index in [0.717, 1.165) is 12.8 Å². The number of aryl methyl sites for hydroxylation is 1. The van der Waals surface area contributed by atoms with E-state index in [-0.39, 0.29) is 23.4 Å². The molecule has 6 nitrogen and oxygen atoms in total. The molecule has 0 aliphatic heterocycles. The highest BCUT2D eigenvalue weighted by Gasteiger charge is 2.26. The Labute approximate surface area is 147 Å². The van der Waals surface area contributed by atoms with Crippen LogP contribution in [0.5, 0.6) is 0 Å². The Balaban J connectivity index is 1.61. The Kier molecular flexibility index (Phi) is 4.89. The summed E-state index contributed by atoms with van der Waals surface area (Å²) < 4.78 is 22.5. The molecule has 0 bridgehead atoms. The van der Waals surface area contributed by atoms with E-state index < -0.39 is 10.0 Å². The number of nitrogens with zero attached hydrogens (tertiary/aromatic N) is 1. The standard InChI is InChI=1S/C18H21N3O3S/c1-21(17-11-6-13-4-2-3-5-16(13)17)12-18(22)20-14-7-9-15(10-8-14)25(19,23)24/h2-5,7-10,17H,6,11-12H2,1H3,(H,20,22)(H2,19,23,24)/t17-/m0/s1. The largest absolute Gasteiger partial charge is 0.325 e. The van der Waals surface area contributed by atoms with Crippen LogP contribution in [-0.2, 0) is 21.2 Å². The molecule has 7 heteroatoms. The van der Waals surface area contributed by atoms with Gasteiger partial charge in [0.1, 0.15) is 0 Å². The predicted molar refractivity (Wildman–Crippen MR) is 96.6 cm³/mol. The second kappa shape index (κ2) is 6.95. The summed E-state index contributed by atoms with van der Waals surface area (Å²) in [5.41, 5.74) is 3.17. The van der Waals surface area contributed by atoms with Gasteiger partial charge < -0.3 is 5.32 Å². The van der Waals surface area contributed by atoms with Gasteiger partial charge in [0.25, 0.3) is 0 Å². The first-order valence-corrected chi connectivity index (χ1v) is 9.60. The van der Waals surface area contributed by atoms with Crippen molar-refractivity contribution >= 4 is 21.6 Å². The van der Waals surface area contributed by atoms with Gasteiger partial charge in [0.15, 0.2) is 0 Å². The molecule has 1 atom stereocenters. The van der Waals surface area contributed by atoms with Crippen LogP contribution in [0.25, 0.3) is 0 Å². The summed E-state index contributed by atoms with van der Waals surface area (Å²) in [5, 5.41) is 7.84. The predicted octanol–water partition coefficient (Wildman–Crippen LogP) is 1.89. The first-order chi connectivity index (χ1) is 11.8. The minimum Gasteiger partial charge on any atom is -0.325 e. The average Bonchev–Trinajstić information content (AvgIpc) is 2.98. The van der Waals surface area contributed by atoms with Gasteiger partial charge in [-0.05, 0) is 55.3 Å². The fourth-order valence-corrected chi connectivity index (χ4v) is 3.77. The maximum Gasteiger partial charge on any atom is 0.238 e. The Bertz CT molecular complexity index is 879. The summed E-state index contributed by atoms with van der Waals surface area (Å²) in [6, 6.07) is 14.4. The van der Waals surface area contributed by atoms with Gasteiger partial charge in [0.05, 0.1) is 11.4 Å². The lowest BCUT2D eigenvalue weighted by Gasteiger charge is -2.24. The number of hydrogen-bond acceptors (Lipinski definition) is 4. The maximum atomic E-state index is 12.3. The van der Waals surface area contributed by atoms with Crippen LogP contribution in [0.4, 0.5) is 5.69 Å². The molecule has 0 saturated heterocycles. The summed E-state index contributed by atoms with van der Waals surface area (Å²) in [5.74, 6) is -0.143. The van der Waals surface area contributed by atoms with Crippen molar-refractivity contribution in [2.75, 3.05) is 18.9 Å². The first kappa shape index (κ1) is 17.6. The summed E-state index contributed by atoms with van der Waals surface area (Å²) in [6.45, 7) is 0.260. The van der Waals surface area contributed by atoms with E-state index in [1.54, 1.807) is 0 Å². The van der Waals surface area contributed by atoms with Crippen molar-refractivity contribution in [3.63, 3.8) is 0 Å². The van der Waals surface area contributed by atoms with Crippen LogP contribution in [-0.4, -0.2) is 32.8 Å². The molecule has 0 radical (unpaired) electrons. The number of benzene rings is 2. The van der Waals surface area contributed by atoms with Crippen molar-refractivity contribution in [1.82, 2.24) is 4.90 Å². The Morgan fingerprint density at radius 3 is 2.56 bits per heavy atom. The molecule has 3 rings (SSSR count). The Morgan fingerprint density at radius 2 is 1.88 bits per heavy atom. The normalized spacial score (nSPS) is 16.7. The maximum absolute atomic E-state index is 12.3. The van der Waals surface area contributed by atoms with E-state index in [1.807, 2.05) is 24.1 Å². The zero-order valence-corrected chi connectivity index (χ0v) is 14.8. The molecule has 2 aromatic carbocycles. The number of likely N-dealkylation sites (N-methyl/N-ethyl adjacent to an activating group) is 1. The number of nitrogens with one attached hydrogen (secondary N) is 1. The van der Waals surface area contributed by atoms with Gasteiger partial charge in [-0.15, -0.1) is 0 Å². The van der Waals surface area contributed by atoms with Crippen molar-refractivity contribution in [3.8, 4) is 0 Å². The molecule has 0 aromatic heterocycles. The second-order valence-electron chi connectivity index (χ2n) is 6.29. The van der Waals surface area contributed by atoms with Crippen molar-refractivity contribution in [1.29, 1.82) is 0 Å². The molecule has 1 aliphatic rings. The third-order valence-electron chi connectivity index (χ3n) is 4.49. The zero-order chi connectivity index (χ0) is 18.0. The van der Waals surface area contributed by atoms with Crippen LogP contribution in [0.2, 0.25) is 0 Å². The van der Waals surface area contributed by atoms with Gasteiger partial charge in [-0.25, -0.2) is 13.6 Å². The van der Waals surface area contributed by atoms with Gasteiger partial charge in [-0.1, -0.05) is 24.3 Å². The number of amides is 1. The molecule has 0 unspecified atom stereocenters. The number of rotatable bonds is 5. The van der Waals surface area contributed by atoms with Crippen LogP contribution in [0, 0.1) is 0 Å². The topological polar surface area (TPSA) is 92.5 Å². The Hall–Kier alpha value is -2.22. The average molecular weight is 359 g/mol. The summed E-state index contributed by atoms with van der Waals surface area (Å²) >= 11 is 0.